The summed E-state index contributed by atoms with van der Waals surface area (Å²) in [5, 5.41) is 0. The van der Waals surface area contributed by atoms with Crippen LogP contribution in [0.15, 0.2) is 24.3 Å². The minimum atomic E-state index is -0.292. The van der Waals surface area contributed by atoms with Gasteiger partial charge in [0.1, 0.15) is 11.9 Å². The van der Waals surface area contributed by atoms with E-state index in [-0.39, 0.29) is 11.5 Å². The monoisotopic (exact) mass is 262 g/mol. The molecule has 1 unspecified atom stereocenters. The first-order valence-corrected chi connectivity index (χ1v) is 7.09. The second kappa shape index (κ2) is 5.64. The molecule has 0 radical (unpaired) electrons. The zero-order valence-corrected chi connectivity index (χ0v) is 11.9. The highest BCUT2D eigenvalue weighted by Crippen LogP contribution is 2.46. The maximum absolute atomic E-state index is 11.9. The highest BCUT2D eigenvalue weighted by molar-refractivity contribution is 5.92. The van der Waals surface area contributed by atoms with Gasteiger partial charge in [-0.15, -0.1) is 0 Å². The molecule has 3 nitrogen and oxygen atoms in total. The Hall–Kier alpha value is -1.51. The van der Waals surface area contributed by atoms with Crippen LogP contribution >= 0.6 is 0 Å². The fourth-order valence-corrected chi connectivity index (χ4v) is 2.85. The quantitative estimate of drug-likeness (QED) is 0.785. The summed E-state index contributed by atoms with van der Waals surface area (Å²) in [6.45, 7) is 6.68. The Balaban J connectivity index is 2.16. The number of ether oxygens (including phenoxy) is 2. The standard InChI is InChI=1S/C16H22O3/c1-4-16(5-2)14(17)11-15(16)19-13-10-8-7-9-12(13)18-6-3/h7-10,15H,4-6,11H2,1-3H3. The third-order valence-electron chi connectivity index (χ3n) is 4.22. The minimum absolute atomic E-state index is 0.0170. The largest absolute Gasteiger partial charge is 0.490 e. The first kappa shape index (κ1) is 13.9. The molecule has 0 N–H and O–H groups in total. The molecule has 0 aliphatic heterocycles. The highest BCUT2D eigenvalue weighted by Gasteiger charge is 2.54. The van der Waals surface area contributed by atoms with E-state index in [0.29, 0.717) is 18.8 Å². The summed E-state index contributed by atoms with van der Waals surface area (Å²) in [6, 6.07) is 7.66. The van der Waals surface area contributed by atoms with E-state index >= 15 is 0 Å². The summed E-state index contributed by atoms with van der Waals surface area (Å²) in [6.07, 6.45) is 2.17. The van der Waals surface area contributed by atoms with E-state index in [1.54, 1.807) is 0 Å². The van der Waals surface area contributed by atoms with Crippen molar-refractivity contribution in [2.75, 3.05) is 6.61 Å². The van der Waals surface area contributed by atoms with Crippen molar-refractivity contribution >= 4 is 5.78 Å². The Labute approximate surface area is 114 Å². The molecule has 1 aliphatic carbocycles. The molecule has 1 aromatic carbocycles. The molecule has 2 rings (SSSR count). The number of para-hydroxylation sites is 2. The van der Waals surface area contributed by atoms with Crippen molar-refractivity contribution in [3.63, 3.8) is 0 Å². The Morgan fingerprint density at radius 2 is 1.79 bits per heavy atom. The molecule has 104 valence electrons. The second-order valence-corrected chi connectivity index (χ2v) is 4.98. The Bertz CT molecular complexity index is 449. The molecule has 1 aromatic rings. The Morgan fingerprint density at radius 3 is 2.32 bits per heavy atom. The van der Waals surface area contributed by atoms with Crippen molar-refractivity contribution in [3.8, 4) is 11.5 Å². The molecule has 0 saturated heterocycles. The molecule has 0 amide bonds. The van der Waals surface area contributed by atoms with Gasteiger partial charge in [0.05, 0.1) is 12.0 Å². The molecular weight excluding hydrogens is 240 g/mol. The molecule has 0 aromatic heterocycles. The zero-order chi connectivity index (χ0) is 13.9. The molecule has 0 heterocycles. The fourth-order valence-electron chi connectivity index (χ4n) is 2.85. The normalized spacial score (nSPS) is 20.8. The highest BCUT2D eigenvalue weighted by atomic mass is 16.5. The summed E-state index contributed by atoms with van der Waals surface area (Å²) in [5.41, 5.74) is -0.292. The molecule has 0 bridgehead atoms. The van der Waals surface area contributed by atoms with E-state index in [0.717, 1.165) is 24.3 Å². The summed E-state index contributed by atoms with van der Waals surface area (Å²) in [4.78, 5) is 11.9. The van der Waals surface area contributed by atoms with Gasteiger partial charge < -0.3 is 9.47 Å². The van der Waals surface area contributed by atoms with E-state index < -0.39 is 0 Å². The van der Waals surface area contributed by atoms with Gasteiger partial charge in [-0.2, -0.15) is 0 Å². The molecule has 19 heavy (non-hydrogen) atoms. The summed E-state index contributed by atoms with van der Waals surface area (Å²) in [5.74, 6) is 1.83. The van der Waals surface area contributed by atoms with Crippen molar-refractivity contribution in [2.45, 2.75) is 46.1 Å². The van der Waals surface area contributed by atoms with Gasteiger partial charge in [-0.25, -0.2) is 0 Å². The van der Waals surface area contributed by atoms with Gasteiger partial charge in [0.25, 0.3) is 0 Å². The van der Waals surface area contributed by atoms with E-state index in [9.17, 15) is 4.79 Å². The van der Waals surface area contributed by atoms with Crippen LogP contribution < -0.4 is 9.47 Å². The third kappa shape index (κ3) is 2.34. The van der Waals surface area contributed by atoms with Gasteiger partial charge in [0.15, 0.2) is 11.5 Å². The van der Waals surface area contributed by atoms with Crippen molar-refractivity contribution < 1.29 is 14.3 Å². The zero-order valence-electron chi connectivity index (χ0n) is 11.9. The molecule has 3 heteroatoms. The summed E-state index contributed by atoms with van der Waals surface area (Å²) < 4.78 is 11.6. The van der Waals surface area contributed by atoms with Crippen LogP contribution in [0, 0.1) is 5.41 Å². The molecule has 1 fully saturated rings. The van der Waals surface area contributed by atoms with Gasteiger partial charge >= 0.3 is 0 Å². The first-order valence-electron chi connectivity index (χ1n) is 7.09. The van der Waals surface area contributed by atoms with Crippen LogP contribution in [0.5, 0.6) is 11.5 Å². The first-order chi connectivity index (χ1) is 9.17. The molecule has 1 atom stereocenters. The van der Waals surface area contributed by atoms with Crippen molar-refractivity contribution in [1.82, 2.24) is 0 Å². The number of Topliss-reactive ketones (excluding diaryl/α,β-unsaturated/α-hetero) is 1. The van der Waals surface area contributed by atoms with Gasteiger partial charge in [-0.3, -0.25) is 4.79 Å². The summed E-state index contributed by atoms with van der Waals surface area (Å²) in [7, 11) is 0. The number of ketones is 1. The molecule has 1 aliphatic rings. The maximum atomic E-state index is 11.9. The smallest absolute Gasteiger partial charge is 0.161 e. The Morgan fingerprint density at radius 1 is 1.16 bits per heavy atom. The van der Waals surface area contributed by atoms with E-state index in [4.69, 9.17) is 9.47 Å². The molecule has 1 saturated carbocycles. The lowest BCUT2D eigenvalue weighted by atomic mass is 9.61. The average Bonchev–Trinajstić information content (AvgIpc) is 2.42. The number of benzene rings is 1. The number of rotatable bonds is 6. The Kier molecular flexibility index (Phi) is 4.13. The lowest BCUT2D eigenvalue weighted by molar-refractivity contribution is -0.153. The molecule has 0 spiro atoms. The fraction of sp³-hybridized carbons (Fsp3) is 0.562. The van der Waals surface area contributed by atoms with Crippen molar-refractivity contribution in [3.05, 3.63) is 24.3 Å². The summed E-state index contributed by atoms with van der Waals surface area (Å²) >= 11 is 0. The van der Waals surface area contributed by atoms with Crippen LogP contribution in [-0.2, 0) is 4.79 Å². The lowest BCUT2D eigenvalue weighted by Gasteiger charge is -2.46. The van der Waals surface area contributed by atoms with Crippen LogP contribution in [0.2, 0.25) is 0 Å². The number of hydrogen-bond donors (Lipinski definition) is 0. The van der Waals surface area contributed by atoms with Crippen LogP contribution in [0.4, 0.5) is 0 Å². The van der Waals surface area contributed by atoms with Crippen LogP contribution in [0.25, 0.3) is 0 Å². The lowest BCUT2D eigenvalue weighted by Crippen LogP contribution is -2.56. The average molecular weight is 262 g/mol. The van der Waals surface area contributed by atoms with Gasteiger partial charge in [0.2, 0.25) is 0 Å². The van der Waals surface area contributed by atoms with E-state index in [1.807, 2.05) is 31.2 Å². The third-order valence-corrected chi connectivity index (χ3v) is 4.22. The maximum Gasteiger partial charge on any atom is 0.161 e. The van der Waals surface area contributed by atoms with E-state index in [2.05, 4.69) is 13.8 Å². The number of hydrogen-bond acceptors (Lipinski definition) is 3. The van der Waals surface area contributed by atoms with Crippen LogP contribution in [0.3, 0.4) is 0 Å². The number of carbonyl (C=O) groups is 1. The van der Waals surface area contributed by atoms with Gasteiger partial charge in [0, 0.05) is 6.42 Å². The SMILES string of the molecule is CCOc1ccccc1OC1CC(=O)C1(CC)CC. The topological polar surface area (TPSA) is 35.5 Å². The van der Waals surface area contributed by atoms with Gasteiger partial charge in [-0.1, -0.05) is 26.0 Å². The van der Waals surface area contributed by atoms with E-state index in [1.165, 1.54) is 0 Å². The van der Waals surface area contributed by atoms with Gasteiger partial charge in [-0.05, 0) is 31.9 Å². The molecular formula is C16H22O3. The van der Waals surface area contributed by atoms with Crippen LogP contribution in [0.1, 0.15) is 40.0 Å². The number of carbonyl (C=O) groups excluding carboxylic acids is 1. The predicted molar refractivity (Wildman–Crippen MR) is 74.7 cm³/mol. The minimum Gasteiger partial charge on any atom is -0.490 e. The van der Waals surface area contributed by atoms with Crippen LogP contribution in [-0.4, -0.2) is 18.5 Å². The van der Waals surface area contributed by atoms with Crippen molar-refractivity contribution in [1.29, 1.82) is 0 Å². The predicted octanol–water partition coefficient (Wildman–Crippen LogP) is 3.61. The second-order valence-electron chi connectivity index (χ2n) is 4.98. The van der Waals surface area contributed by atoms with Crippen molar-refractivity contribution in [2.24, 2.45) is 5.41 Å².